The molecule has 62 heavy (non-hydrogen) atoms. The zero-order valence-electron chi connectivity index (χ0n) is 39.4. The number of allylic oxidation sites excluding steroid dienone is 2. The summed E-state index contributed by atoms with van der Waals surface area (Å²) in [6, 6.07) is 0. The standard InChI is InChI=1S/C49H95O12P/c1-3-5-7-9-11-13-15-17-19-21-22-23-25-27-29-31-33-35-37-39-58-40-42(41-59-62(56,57)61-49-47(54)45(52)44(51)46(53)48(49)55)60-43(50)38-36-34-32-30-28-26-24-20-18-16-14-12-10-8-6-4-2/h19,21,42,44-49,51-55H,3-18,20,22-41H2,1-2H3,(H,56,57)/b21-19-. The fourth-order valence-corrected chi connectivity index (χ4v) is 9.03. The van der Waals surface area contributed by atoms with E-state index in [1.165, 1.54) is 167 Å². The van der Waals surface area contributed by atoms with E-state index in [-0.39, 0.29) is 13.0 Å². The maximum atomic E-state index is 12.8. The van der Waals surface area contributed by atoms with Crippen LogP contribution in [0.1, 0.15) is 232 Å². The highest BCUT2D eigenvalue weighted by atomic mass is 31.2. The Morgan fingerprint density at radius 3 is 1.27 bits per heavy atom. The van der Waals surface area contributed by atoms with Gasteiger partial charge in [0, 0.05) is 13.0 Å². The van der Waals surface area contributed by atoms with Gasteiger partial charge in [0.25, 0.3) is 0 Å². The predicted molar refractivity (Wildman–Crippen MR) is 249 cm³/mol. The molecule has 0 aromatic heterocycles. The predicted octanol–water partition coefficient (Wildman–Crippen LogP) is 11.1. The van der Waals surface area contributed by atoms with Crippen LogP contribution in [0.3, 0.4) is 0 Å². The number of unbranched alkanes of at least 4 members (excludes halogenated alkanes) is 30. The van der Waals surface area contributed by atoms with Gasteiger partial charge in [0.1, 0.15) is 42.7 Å². The summed E-state index contributed by atoms with van der Waals surface area (Å²) in [7, 11) is -5.02. The van der Waals surface area contributed by atoms with E-state index in [0.717, 1.165) is 38.5 Å². The number of esters is 1. The summed E-state index contributed by atoms with van der Waals surface area (Å²) in [5.41, 5.74) is 0. The summed E-state index contributed by atoms with van der Waals surface area (Å²) >= 11 is 0. The monoisotopic (exact) mass is 907 g/mol. The van der Waals surface area contributed by atoms with Crippen LogP contribution in [0.15, 0.2) is 12.2 Å². The highest BCUT2D eigenvalue weighted by Gasteiger charge is 2.51. The molecule has 368 valence electrons. The van der Waals surface area contributed by atoms with Crippen LogP contribution >= 0.6 is 7.82 Å². The number of phosphoric acid groups is 1. The van der Waals surface area contributed by atoms with Crippen molar-refractivity contribution in [2.45, 2.75) is 275 Å². The van der Waals surface area contributed by atoms with Crippen LogP contribution in [0, 0.1) is 0 Å². The van der Waals surface area contributed by atoms with Gasteiger partial charge in [-0.25, -0.2) is 4.57 Å². The van der Waals surface area contributed by atoms with Crippen LogP contribution in [-0.4, -0.2) is 98.9 Å². The minimum atomic E-state index is -5.02. The van der Waals surface area contributed by atoms with E-state index in [0.29, 0.717) is 13.0 Å². The second kappa shape index (κ2) is 40.4. The molecule has 0 aliphatic heterocycles. The molecule has 1 fully saturated rings. The van der Waals surface area contributed by atoms with Crippen molar-refractivity contribution < 1.29 is 58.3 Å². The molecule has 0 spiro atoms. The quantitative estimate of drug-likeness (QED) is 0.0147. The fraction of sp³-hybridized carbons (Fsp3) is 0.939. The van der Waals surface area contributed by atoms with Crippen molar-refractivity contribution in [1.82, 2.24) is 0 Å². The van der Waals surface area contributed by atoms with Crippen molar-refractivity contribution in [2.75, 3.05) is 19.8 Å². The molecule has 13 heteroatoms. The number of hydrogen-bond acceptors (Lipinski definition) is 11. The van der Waals surface area contributed by atoms with Gasteiger partial charge in [0.2, 0.25) is 0 Å². The molecule has 0 saturated heterocycles. The van der Waals surface area contributed by atoms with E-state index in [9.17, 15) is 39.8 Å². The van der Waals surface area contributed by atoms with Crippen molar-refractivity contribution in [3.63, 3.8) is 0 Å². The first kappa shape index (κ1) is 59.1. The summed E-state index contributed by atoms with van der Waals surface area (Å²) in [5, 5.41) is 50.3. The van der Waals surface area contributed by atoms with Gasteiger partial charge in [-0.2, -0.15) is 0 Å². The number of phosphoric ester groups is 1. The molecule has 0 aromatic carbocycles. The van der Waals surface area contributed by atoms with Gasteiger partial charge in [0.05, 0.1) is 13.2 Å². The first-order valence-corrected chi connectivity index (χ1v) is 27.0. The SMILES string of the molecule is CCCCCCCCC/C=C\CCCCCCCCCCOCC(COP(=O)(O)OC1C(O)C(O)C(O)C(O)C1O)OC(=O)CCCCCCCCCCCCCCCCCC. The molecule has 1 aliphatic carbocycles. The maximum Gasteiger partial charge on any atom is 0.472 e. The number of carbonyl (C=O) groups is 1. The van der Waals surface area contributed by atoms with Crippen LogP contribution < -0.4 is 0 Å². The Labute approximate surface area is 377 Å². The van der Waals surface area contributed by atoms with E-state index < -0.39 is 63.1 Å². The van der Waals surface area contributed by atoms with Gasteiger partial charge in [-0.3, -0.25) is 13.8 Å². The molecule has 0 bridgehead atoms. The lowest BCUT2D eigenvalue weighted by Crippen LogP contribution is -2.64. The molecule has 0 amide bonds. The summed E-state index contributed by atoms with van der Waals surface area (Å²) in [5.74, 6) is -0.473. The highest BCUT2D eigenvalue weighted by Crippen LogP contribution is 2.47. The maximum absolute atomic E-state index is 12.8. The first-order chi connectivity index (χ1) is 30.0. The highest BCUT2D eigenvalue weighted by molar-refractivity contribution is 7.47. The smallest absolute Gasteiger partial charge is 0.457 e. The van der Waals surface area contributed by atoms with E-state index >= 15 is 0 Å². The third-order valence-corrected chi connectivity index (χ3v) is 13.1. The Kier molecular flexibility index (Phi) is 38.5. The number of carbonyl (C=O) groups excluding carboxylic acids is 1. The van der Waals surface area contributed by atoms with Crippen molar-refractivity contribution in [1.29, 1.82) is 0 Å². The Balaban J connectivity index is 2.34. The molecule has 0 radical (unpaired) electrons. The second-order valence-corrected chi connectivity index (χ2v) is 19.4. The lowest BCUT2D eigenvalue weighted by atomic mass is 9.85. The molecule has 6 unspecified atom stereocenters. The van der Waals surface area contributed by atoms with E-state index in [2.05, 4.69) is 26.0 Å². The van der Waals surface area contributed by atoms with Crippen molar-refractivity contribution in [3.05, 3.63) is 12.2 Å². The van der Waals surface area contributed by atoms with Crippen LogP contribution in [0.2, 0.25) is 0 Å². The lowest BCUT2D eigenvalue weighted by Gasteiger charge is -2.41. The van der Waals surface area contributed by atoms with Crippen LogP contribution in [-0.2, 0) is 27.9 Å². The summed E-state index contributed by atoms with van der Waals surface area (Å²) in [4.78, 5) is 23.2. The summed E-state index contributed by atoms with van der Waals surface area (Å²) in [6.07, 6.45) is 32.7. The third kappa shape index (κ3) is 31.9. The van der Waals surface area contributed by atoms with Crippen molar-refractivity contribution >= 4 is 13.8 Å². The van der Waals surface area contributed by atoms with Crippen molar-refractivity contribution in [3.8, 4) is 0 Å². The van der Waals surface area contributed by atoms with Crippen LogP contribution in [0.5, 0.6) is 0 Å². The third-order valence-electron chi connectivity index (χ3n) is 12.1. The molecule has 1 aliphatic rings. The second-order valence-electron chi connectivity index (χ2n) is 18.0. The number of aliphatic hydroxyl groups excluding tert-OH is 5. The van der Waals surface area contributed by atoms with E-state index in [1.54, 1.807) is 0 Å². The molecule has 0 aromatic rings. The number of rotatable bonds is 44. The topological polar surface area (TPSA) is 192 Å². The van der Waals surface area contributed by atoms with E-state index in [1.807, 2.05) is 0 Å². The average Bonchev–Trinajstić information content (AvgIpc) is 3.26. The number of hydrogen-bond donors (Lipinski definition) is 6. The molecule has 0 heterocycles. The van der Waals surface area contributed by atoms with E-state index in [4.69, 9.17) is 18.5 Å². The summed E-state index contributed by atoms with van der Waals surface area (Å²) in [6.45, 7) is 4.29. The van der Waals surface area contributed by atoms with Gasteiger partial charge < -0.3 is 39.9 Å². The number of aliphatic hydroxyl groups is 5. The molecule has 12 nitrogen and oxygen atoms in total. The molecular weight excluding hydrogens is 812 g/mol. The summed E-state index contributed by atoms with van der Waals surface area (Å²) < 4.78 is 34.3. The Morgan fingerprint density at radius 1 is 0.500 bits per heavy atom. The normalized spacial score (nSPS) is 22.0. The average molecular weight is 907 g/mol. The van der Waals surface area contributed by atoms with Crippen molar-refractivity contribution in [2.24, 2.45) is 0 Å². The van der Waals surface area contributed by atoms with Gasteiger partial charge in [-0.15, -0.1) is 0 Å². The minimum absolute atomic E-state index is 0.0729. The Bertz CT molecular complexity index is 1080. The van der Waals surface area contributed by atoms with Crippen LogP contribution in [0.4, 0.5) is 0 Å². The zero-order chi connectivity index (χ0) is 45.5. The Hall–Kier alpha value is -0.920. The molecule has 6 N–H and O–H groups in total. The van der Waals surface area contributed by atoms with Gasteiger partial charge in [0.15, 0.2) is 0 Å². The lowest BCUT2D eigenvalue weighted by molar-refractivity contribution is -0.220. The largest absolute Gasteiger partial charge is 0.472 e. The first-order valence-electron chi connectivity index (χ1n) is 25.5. The van der Waals surface area contributed by atoms with Crippen LogP contribution in [0.25, 0.3) is 0 Å². The zero-order valence-corrected chi connectivity index (χ0v) is 40.3. The minimum Gasteiger partial charge on any atom is -0.457 e. The molecule has 6 atom stereocenters. The molecule has 1 rings (SSSR count). The molecular formula is C49H95O12P. The van der Waals surface area contributed by atoms with Gasteiger partial charge in [-0.1, -0.05) is 199 Å². The van der Waals surface area contributed by atoms with Gasteiger partial charge in [-0.05, 0) is 38.5 Å². The fourth-order valence-electron chi connectivity index (χ4n) is 8.06. The van der Waals surface area contributed by atoms with Gasteiger partial charge >= 0.3 is 13.8 Å². The Morgan fingerprint density at radius 2 is 0.855 bits per heavy atom. The molecule has 1 saturated carbocycles. The number of ether oxygens (including phenoxy) is 2.